The van der Waals surface area contributed by atoms with Crippen LogP contribution >= 0.6 is 0 Å². The number of hydrazone groups is 1. The molecule has 1 aromatic rings. The van der Waals surface area contributed by atoms with E-state index in [9.17, 15) is 9.59 Å². The number of benzene rings is 1. The molecule has 1 aliphatic heterocycles. The summed E-state index contributed by atoms with van der Waals surface area (Å²) in [5.41, 5.74) is 3.72. The quantitative estimate of drug-likeness (QED) is 0.838. The van der Waals surface area contributed by atoms with Crippen LogP contribution in [-0.2, 0) is 9.59 Å². The zero-order valence-electron chi connectivity index (χ0n) is 10.1. The van der Waals surface area contributed by atoms with E-state index >= 15 is 0 Å². The Kier molecular flexibility index (Phi) is 3.72. The molecule has 1 atom stereocenters. The van der Waals surface area contributed by atoms with E-state index < -0.39 is 0 Å². The molecular formula is C13H15N3O2. The number of nitrogens with one attached hydrogen (secondary N) is 2. The van der Waals surface area contributed by atoms with Crippen LogP contribution in [0.5, 0.6) is 0 Å². The van der Waals surface area contributed by atoms with Gasteiger partial charge >= 0.3 is 0 Å². The summed E-state index contributed by atoms with van der Waals surface area (Å²) in [6.07, 6.45) is 0.700. The monoisotopic (exact) mass is 245 g/mol. The maximum Gasteiger partial charge on any atom is 0.267 e. The van der Waals surface area contributed by atoms with Crippen LogP contribution in [0, 0.1) is 0 Å². The van der Waals surface area contributed by atoms with Gasteiger partial charge in [-0.1, -0.05) is 30.3 Å². The van der Waals surface area contributed by atoms with Crippen LogP contribution in [0.4, 0.5) is 0 Å². The zero-order valence-corrected chi connectivity index (χ0v) is 10.1. The lowest BCUT2D eigenvalue weighted by atomic mass is 10.1. The van der Waals surface area contributed by atoms with Crippen molar-refractivity contribution in [3.63, 3.8) is 0 Å². The van der Waals surface area contributed by atoms with Crippen LogP contribution < -0.4 is 10.7 Å². The fraction of sp³-hybridized carbons (Fsp3) is 0.308. The molecule has 0 aliphatic carbocycles. The van der Waals surface area contributed by atoms with Crippen molar-refractivity contribution in [2.75, 3.05) is 0 Å². The molecule has 1 heterocycles. The standard InChI is InChI=1S/C13H15N3O2/c1-9(10-5-3-2-4-6-10)14-13(18)11-7-8-12(17)16-15-11/h2-6,9H,7-8H2,1H3,(H,14,18)(H,16,17). The summed E-state index contributed by atoms with van der Waals surface area (Å²) >= 11 is 0. The van der Waals surface area contributed by atoms with E-state index in [1.54, 1.807) is 0 Å². The van der Waals surface area contributed by atoms with E-state index in [0.29, 0.717) is 18.6 Å². The van der Waals surface area contributed by atoms with Gasteiger partial charge in [-0.3, -0.25) is 9.59 Å². The van der Waals surface area contributed by atoms with Crippen molar-refractivity contribution in [1.29, 1.82) is 0 Å². The number of hydrogen-bond acceptors (Lipinski definition) is 3. The molecule has 94 valence electrons. The summed E-state index contributed by atoms with van der Waals surface area (Å²) in [5, 5.41) is 6.62. The van der Waals surface area contributed by atoms with E-state index in [-0.39, 0.29) is 17.9 Å². The molecule has 2 rings (SSSR count). The largest absolute Gasteiger partial charge is 0.344 e. The Morgan fingerprint density at radius 1 is 1.33 bits per heavy atom. The fourth-order valence-electron chi connectivity index (χ4n) is 1.74. The van der Waals surface area contributed by atoms with Gasteiger partial charge in [0.15, 0.2) is 0 Å². The Hall–Kier alpha value is -2.17. The molecule has 0 bridgehead atoms. The summed E-state index contributed by atoms with van der Waals surface area (Å²) in [4.78, 5) is 22.8. The molecule has 1 unspecified atom stereocenters. The van der Waals surface area contributed by atoms with Crippen molar-refractivity contribution in [2.24, 2.45) is 5.10 Å². The smallest absolute Gasteiger partial charge is 0.267 e. The van der Waals surface area contributed by atoms with Gasteiger partial charge in [0.1, 0.15) is 5.71 Å². The highest BCUT2D eigenvalue weighted by Crippen LogP contribution is 2.11. The Morgan fingerprint density at radius 3 is 2.67 bits per heavy atom. The lowest BCUT2D eigenvalue weighted by molar-refractivity contribution is -0.121. The molecule has 0 saturated carbocycles. The maximum atomic E-state index is 11.9. The summed E-state index contributed by atoms with van der Waals surface area (Å²) in [6.45, 7) is 1.91. The Bertz CT molecular complexity index is 482. The minimum absolute atomic E-state index is 0.0842. The van der Waals surface area contributed by atoms with Crippen molar-refractivity contribution in [2.45, 2.75) is 25.8 Å². The molecule has 1 aromatic carbocycles. The van der Waals surface area contributed by atoms with Gasteiger partial charge in [-0.15, -0.1) is 0 Å². The SMILES string of the molecule is CC(NC(=O)C1=NNC(=O)CC1)c1ccccc1. The predicted octanol–water partition coefficient (Wildman–Crippen LogP) is 1.13. The fourth-order valence-corrected chi connectivity index (χ4v) is 1.74. The molecule has 2 N–H and O–H groups in total. The Balaban J connectivity index is 1.98. The predicted molar refractivity (Wildman–Crippen MR) is 67.8 cm³/mol. The highest BCUT2D eigenvalue weighted by Gasteiger charge is 2.19. The van der Waals surface area contributed by atoms with Crippen molar-refractivity contribution < 1.29 is 9.59 Å². The topological polar surface area (TPSA) is 70.6 Å². The number of rotatable bonds is 3. The molecule has 0 spiro atoms. The van der Waals surface area contributed by atoms with Gasteiger partial charge < -0.3 is 5.32 Å². The highest BCUT2D eigenvalue weighted by molar-refractivity contribution is 6.39. The van der Waals surface area contributed by atoms with Gasteiger partial charge in [0.2, 0.25) is 5.91 Å². The van der Waals surface area contributed by atoms with Crippen molar-refractivity contribution in [3.8, 4) is 0 Å². The van der Waals surface area contributed by atoms with E-state index in [1.165, 1.54) is 0 Å². The summed E-state index contributed by atoms with van der Waals surface area (Å²) in [7, 11) is 0. The van der Waals surface area contributed by atoms with Gasteiger partial charge in [0.25, 0.3) is 5.91 Å². The number of nitrogens with zero attached hydrogens (tertiary/aromatic N) is 1. The van der Waals surface area contributed by atoms with Gasteiger partial charge in [-0.05, 0) is 12.5 Å². The second-order valence-electron chi connectivity index (χ2n) is 4.20. The average Bonchev–Trinajstić information content (AvgIpc) is 2.40. The van der Waals surface area contributed by atoms with E-state index in [4.69, 9.17) is 0 Å². The lowest BCUT2D eigenvalue weighted by Crippen LogP contribution is -2.37. The van der Waals surface area contributed by atoms with Crippen molar-refractivity contribution in [3.05, 3.63) is 35.9 Å². The molecule has 18 heavy (non-hydrogen) atoms. The average molecular weight is 245 g/mol. The van der Waals surface area contributed by atoms with Crippen LogP contribution in [-0.4, -0.2) is 17.5 Å². The maximum absolute atomic E-state index is 11.9. The first-order chi connectivity index (χ1) is 8.66. The molecule has 2 amide bonds. The van der Waals surface area contributed by atoms with Gasteiger partial charge in [0.05, 0.1) is 6.04 Å². The van der Waals surface area contributed by atoms with Gasteiger partial charge in [-0.25, -0.2) is 5.43 Å². The van der Waals surface area contributed by atoms with Crippen LogP contribution in [0.3, 0.4) is 0 Å². The first-order valence-corrected chi connectivity index (χ1v) is 5.88. The van der Waals surface area contributed by atoms with Crippen molar-refractivity contribution in [1.82, 2.24) is 10.7 Å². The third-order valence-electron chi connectivity index (χ3n) is 2.81. The normalized spacial score (nSPS) is 16.5. The number of carbonyl (C=O) groups is 2. The molecular weight excluding hydrogens is 230 g/mol. The molecule has 5 heteroatoms. The highest BCUT2D eigenvalue weighted by atomic mass is 16.2. The minimum atomic E-state index is -0.230. The molecule has 1 aliphatic rings. The Morgan fingerprint density at radius 2 is 2.06 bits per heavy atom. The molecule has 0 fully saturated rings. The molecule has 0 saturated heterocycles. The number of amides is 2. The number of carbonyl (C=O) groups excluding carboxylic acids is 2. The van der Waals surface area contributed by atoms with Crippen LogP contribution in [0.15, 0.2) is 35.4 Å². The van der Waals surface area contributed by atoms with Crippen molar-refractivity contribution >= 4 is 17.5 Å². The van der Waals surface area contributed by atoms with E-state index in [0.717, 1.165) is 5.56 Å². The first kappa shape index (κ1) is 12.3. The molecule has 0 radical (unpaired) electrons. The van der Waals surface area contributed by atoms with E-state index in [2.05, 4.69) is 15.8 Å². The second kappa shape index (κ2) is 5.44. The first-order valence-electron chi connectivity index (χ1n) is 5.88. The Labute approximate surface area is 105 Å². The summed E-state index contributed by atoms with van der Waals surface area (Å²) in [6, 6.07) is 9.61. The zero-order chi connectivity index (χ0) is 13.0. The summed E-state index contributed by atoms with van der Waals surface area (Å²) < 4.78 is 0. The third-order valence-corrected chi connectivity index (χ3v) is 2.81. The van der Waals surface area contributed by atoms with Crippen LogP contribution in [0.2, 0.25) is 0 Å². The second-order valence-corrected chi connectivity index (χ2v) is 4.20. The third kappa shape index (κ3) is 2.94. The lowest BCUT2D eigenvalue weighted by Gasteiger charge is -2.16. The molecule has 0 aromatic heterocycles. The van der Waals surface area contributed by atoms with Gasteiger partial charge in [0, 0.05) is 12.8 Å². The van der Waals surface area contributed by atoms with Crippen LogP contribution in [0.1, 0.15) is 31.4 Å². The van der Waals surface area contributed by atoms with Gasteiger partial charge in [-0.2, -0.15) is 5.10 Å². The van der Waals surface area contributed by atoms with Crippen LogP contribution in [0.25, 0.3) is 0 Å². The molecule has 5 nitrogen and oxygen atoms in total. The number of hydrogen-bond donors (Lipinski definition) is 2. The van der Waals surface area contributed by atoms with E-state index in [1.807, 2.05) is 37.3 Å². The minimum Gasteiger partial charge on any atom is -0.344 e. The summed E-state index contributed by atoms with van der Waals surface area (Å²) in [5.74, 6) is -0.381.